The molecule has 3 aromatic rings. The fourth-order valence-corrected chi connectivity index (χ4v) is 1.77. The van der Waals surface area contributed by atoms with Gasteiger partial charge in [-0.3, -0.25) is 4.79 Å². The van der Waals surface area contributed by atoms with Gasteiger partial charge in [-0.05, 0) is 12.1 Å². The van der Waals surface area contributed by atoms with Crippen LogP contribution >= 0.6 is 0 Å². The van der Waals surface area contributed by atoms with Gasteiger partial charge in [0.15, 0.2) is 5.78 Å². The summed E-state index contributed by atoms with van der Waals surface area (Å²) < 4.78 is 0. The first-order valence-corrected chi connectivity index (χ1v) is 6.95. The molecular formula is C20H18O3. The third kappa shape index (κ3) is 6.40. The number of para-hydroxylation sites is 1. The highest BCUT2D eigenvalue weighted by Crippen LogP contribution is 2.08. The summed E-state index contributed by atoms with van der Waals surface area (Å²) >= 11 is 0. The fourth-order valence-electron chi connectivity index (χ4n) is 1.77. The summed E-state index contributed by atoms with van der Waals surface area (Å²) in [7, 11) is 0. The van der Waals surface area contributed by atoms with Crippen molar-refractivity contribution < 1.29 is 14.7 Å². The lowest BCUT2D eigenvalue weighted by molar-refractivity contribution is -0.0980. The first kappa shape index (κ1) is 17.9. The zero-order chi connectivity index (χ0) is 16.9. The van der Waals surface area contributed by atoms with Gasteiger partial charge in [-0.1, -0.05) is 78.9 Å². The van der Waals surface area contributed by atoms with Gasteiger partial charge in [0, 0.05) is 11.1 Å². The molecule has 116 valence electrons. The molecule has 0 aliphatic rings. The topological polar surface area (TPSA) is 54.4 Å². The number of hydrogen-bond acceptors (Lipinski definition) is 3. The van der Waals surface area contributed by atoms with Crippen LogP contribution < -0.4 is 0 Å². The van der Waals surface area contributed by atoms with Crippen molar-refractivity contribution in [3.05, 3.63) is 102 Å². The van der Waals surface area contributed by atoms with E-state index in [1.165, 1.54) is 0 Å². The van der Waals surface area contributed by atoms with Crippen molar-refractivity contribution >= 4 is 12.6 Å². The molecule has 0 saturated heterocycles. The summed E-state index contributed by atoms with van der Waals surface area (Å²) in [6.45, 7) is 2.00. The van der Waals surface area contributed by atoms with E-state index >= 15 is 0 Å². The van der Waals surface area contributed by atoms with Crippen LogP contribution in [0, 0.1) is 0 Å². The number of aromatic hydroxyl groups is 1. The molecule has 0 saturated carbocycles. The molecule has 0 aromatic heterocycles. The molecule has 0 bridgehead atoms. The molecule has 3 rings (SSSR count). The second kappa shape index (κ2) is 10.5. The number of carbonyl (C=O) groups is 2. The number of carbonyl (C=O) groups excluding carboxylic acids is 2. The molecular weight excluding hydrogens is 288 g/mol. The first-order chi connectivity index (χ1) is 11.3. The zero-order valence-electron chi connectivity index (χ0n) is 12.6. The third-order valence-corrected chi connectivity index (χ3v) is 2.83. The molecule has 0 aliphatic heterocycles. The van der Waals surface area contributed by atoms with E-state index in [1.54, 1.807) is 24.3 Å². The molecule has 23 heavy (non-hydrogen) atoms. The molecule has 0 fully saturated rings. The molecule has 3 nitrogen and oxygen atoms in total. The lowest BCUT2D eigenvalue weighted by Crippen LogP contribution is -1.99. The van der Waals surface area contributed by atoms with E-state index in [0.717, 1.165) is 11.1 Å². The molecule has 0 aliphatic carbocycles. The number of hydrogen-bond donors (Lipinski definition) is 1. The number of rotatable bonds is 2. The van der Waals surface area contributed by atoms with Crippen LogP contribution in [0.4, 0.5) is 0 Å². The second-order valence-electron chi connectivity index (χ2n) is 4.40. The van der Waals surface area contributed by atoms with Crippen molar-refractivity contribution in [2.45, 2.75) is 0 Å². The van der Waals surface area contributed by atoms with Crippen LogP contribution in [0.2, 0.25) is 0 Å². The van der Waals surface area contributed by atoms with Gasteiger partial charge in [-0.15, -0.1) is 0 Å². The summed E-state index contributed by atoms with van der Waals surface area (Å²) in [5, 5.41) is 8.63. The van der Waals surface area contributed by atoms with E-state index < -0.39 is 0 Å². The van der Waals surface area contributed by atoms with Gasteiger partial charge in [-0.2, -0.15) is 0 Å². The van der Waals surface area contributed by atoms with Crippen molar-refractivity contribution in [3.8, 4) is 5.75 Å². The van der Waals surface area contributed by atoms with Crippen LogP contribution in [-0.4, -0.2) is 17.7 Å². The van der Waals surface area contributed by atoms with Crippen molar-refractivity contribution in [2.24, 2.45) is 0 Å². The fraction of sp³-hybridized carbons (Fsp3) is 0. The summed E-state index contributed by atoms with van der Waals surface area (Å²) in [4.78, 5) is 19.8. The number of ketones is 1. The maximum absolute atomic E-state index is 11.8. The van der Waals surface area contributed by atoms with E-state index in [1.807, 2.05) is 73.5 Å². The van der Waals surface area contributed by atoms with E-state index in [2.05, 4.69) is 0 Å². The molecule has 1 N–H and O–H groups in total. The Balaban J connectivity index is 0.000000247. The molecule has 0 spiro atoms. The average Bonchev–Trinajstić information content (AvgIpc) is 2.65. The predicted molar refractivity (Wildman–Crippen MR) is 91.5 cm³/mol. The molecule has 0 amide bonds. The summed E-state index contributed by atoms with van der Waals surface area (Å²) in [6, 6.07) is 27.3. The Morgan fingerprint density at radius 2 is 0.913 bits per heavy atom. The molecule has 3 aromatic carbocycles. The van der Waals surface area contributed by atoms with Gasteiger partial charge in [-0.25, -0.2) is 0 Å². The lowest BCUT2D eigenvalue weighted by Gasteiger charge is -1.99. The van der Waals surface area contributed by atoms with E-state index in [9.17, 15) is 4.79 Å². The van der Waals surface area contributed by atoms with E-state index in [4.69, 9.17) is 9.90 Å². The Bertz CT molecular complexity index is 638. The maximum atomic E-state index is 11.8. The summed E-state index contributed by atoms with van der Waals surface area (Å²) in [6.07, 6.45) is 0. The van der Waals surface area contributed by atoms with Gasteiger partial charge < -0.3 is 9.90 Å². The smallest absolute Gasteiger partial charge is 0.193 e. The SMILES string of the molecule is C=O.O=C(c1ccccc1)c1ccccc1.Oc1ccccc1. The largest absolute Gasteiger partial charge is 0.508 e. The highest BCUT2D eigenvalue weighted by atomic mass is 16.3. The summed E-state index contributed by atoms with van der Waals surface area (Å²) in [5.74, 6) is 0.397. The van der Waals surface area contributed by atoms with Crippen LogP contribution in [0.15, 0.2) is 91.0 Å². The Hall–Kier alpha value is -3.20. The number of phenols is 1. The normalized spacial score (nSPS) is 8.70. The Morgan fingerprint density at radius 1 is 0.609 bits per heavy atom. The van der Waals surface area contributed by atoms with Crippen LogP contribution in [-0.2, 0) is 4.79 Å². The molecule has 0 atom stereocenters. The zero-order valence-corrected chi connectivity index (χ0v) is 12.6. The quantitative estimate of drug-likeness (QED) is 0.724. The third-order valence-electron chi connectivity index (χ3n) is 2.83. The average molecular weight is 306 g/mol. The van der Waals surface area contributed by atoms with Crippen LogP contribution in [0.3, 0.4) is 0 Å². The first-order valence-electron chi connectivity index (χ1n) is 6.95. The van der Waals surface area contributed by atoms with Gasteiger partial charge in [0.1, 0.15) is 12.5 Å². The van der Waals surface area contributed by atoms with Crippen molar-refractivity contribution in [2.75, 3.05) is 0 Å². The highest BCUT2D eigenvalue weighted by Gasteiger charge is 2.06. The molecule has 0 unspecified atom stereocenters. The Kier molecular flexibility index (Phi) is 8.16. The van der Waals surface area contributed by atoms with Crippen molar-refractivity contribution in [1.82, 2.24) is 0 Å². The van der Waals surface area contributed by atoms with Crippen molar-refractivity contribution in [1.29, 1.82) is 0 Å². The predicted octanol–water partition coefficient (Wildman–Crippen LogP) is 4.12. The molecule has 0 heterocycles. The second-order valence-corrected chi connectivity index (χ2v) is 4.40. The van der Waals surface area contributed by atoms with Crippen LogP contribution in [0.25, 0.3) is 0 Å². The Morgan fingerprint density at radius 3 is 1.17 bits per heavy atom. The van der Waals surface area contributed by atoms with Crippen LogP contribution in [0.5, 0.6) is 5.75 Å². The Labute approximate surface area is 135 Å². The number of benzene rings is 3. The molecule has 0 radical (unpaired) electrons. The maximum Gasteiger partial charge on any atom is 0.193 e. The van der Waals surface area contributed by atoms with Gasteiger partial charge in [0.2, 0.25) is 0 Å². The lowest BCUT2D eigenvalue weighted by atomic mass is 10.0. The minimum atomic E-state index is 0.0752. The van der Waals surface area contributed by atoms with Crippen LogP contribution in [0.1, 0.15) is 15.9 Å². The van der Waals surface area contributed by atoms with E-state index in [-0.39, 0.29) is 5.78 Å². The monoisotopic (exact) mass is 306 g/mol. The minimum absolute atomic E-state index is 0.0752. The van der Waals surface area contributed by atoms with Crippen molar-refractivity contribution in [3.63, 3.8) is 0 Å². The standard InChI is InChI=1S/C13H10O.C6H6O.CH2O/c14-13(11-7-3-1-4-8-11)12-9-5-2-6-10-12;7-6-4-2-1-3-5-6;1-2/h1-10H;1-5,7H;1H2. The highest BCUT2D eigenvalue weighted by molar-refractivity contribution is 6.08. The number of phenolic OH excluding ortho intramolecular Hbond substituents is 1. The van der Waals surface area contributed by atoms with E-state index in [0.29, 0.717) is 5.75 Å². The van der Waals surface area contributed by atoms with Gasteiger partial charge >= 0.3 is 0 Å². The van der Waals surface area contributed by atoms with Gasteiger partial charge in [0.05, 0.1) is 0 Å². The molecule has 3 heteroatoms. The summed E-state index contributed by atoms with van der Waals surface area (Å²) in [5.41, 5.74) is 1.47. The van der Waals surface area contributed by atoms with Gasteiger partial charge in [0.25, 0.3) is 0 Å². The minimum Gasteiger partial charge on any atom is -0.508 e.